The molecule has 1 aliphatic heterocycles. The minimum Gasteiger partial charge on any atom is -0.444 e. The lowest BCUT2D eigenvalue weighted by molar-refractivity contribution is 0.0169. The van der Waals surface area contributed by atoms with Crippen LogP contribution in [0.1, 0.15) is 39.2 Å². The quantitative estimate of drug-likeness (QED) is 0.790. The second kappa shape index (κ2) is 8.75. The molecule has 1 N–H and O–H groups in total. The molecular weight excluding hydrogens is 395 g/mol. The van der Waals surface area contributed by atoms with Gasteiger partial charge in [0.15, 0.2) is 0 Å². The minimum absolute atomic E-state index is 0.0304. The van der Waals surface area contributed by atoms with Gasteiger partial charge in [-0.15, -0.1) is 0 Å². The molecule has 1 aromatic rings. The van der Waals surface area contributed by atoms with Gasteiger partial charge in [0.1, 0.15) is 11.4 Å². The smallest absolute Gasteiger partial charge is 0.410 e. The van der Waals surface area contributed by atoms with E-state index < -0.39 is 33.3 Å². The van der Waals surface area contributed by atoms with Gasteiger partial charge >= 0.3 is 6.09 Å². The van der Waals surface area contributed by atoms with Crippen LogP contribution in [0, 0.1) is 11.7 Å². The Morgan fingerprint density at radius 3 is 2.74 bits per heavy atom. The van der Waals surface area contributed by atoms with Crippen LogP contribution in [0.5, 0.6) is 0 Å². The number of carbonyl (C=O) groups is 1. The van der Waals surface area contributed by atoms with Gasteiger partial charge < -0.3 is 9.64 Å². The molecule has 1 saturated heterocycles. The van der Waals surface area contributed by atoms with Crippen LogP contribution in [-0.4, -0.2) is 44.6 Å². The zero-order valence-corrected chi connectivity index (χ0v) is 17.4. The van der Waals surface area contributed by atoms with E-state index >= 15 is 0 Å². The maximum absolute atomic E-state index is 13.8. The molecule has 1 amide bonds. The number of rotatable bonds is 5. The van der Waals surface area contributed by atoms with Crippen LogP contribution in [-0.2, 0) is 20.5 Å². The lowest BCUT2D eigenvalue weighted by Crippen LogP contribution is -2.45. The average molecular weight is 421 g/mol. The average Bonchev–Trinajstić information content (AvgIpc) is 2.55. The van der Waals surface area contributed by atoms with E-state index in [1.54, 1.807) is 25.7 Å². The maximum Gasteiger partial charge on any atom is 0.410 e. The number of ether oxygens (including phenoxy) is 1. The molecule has 1 heterocycles. The van der Waals surface area contributed by atoms with Crippen LogP contribution >= 0.6 is 11.6 Å². The zero-order valence-electron chi connectivity index (χ0n) is 15.8. The summed E-state index contributed by atoms with van der Waals surface area (Å²) in [7, 11) is -3.75. The van der Waals surface area contributed by atoms with E-state index in [4.69, 9.17) is 16.3 Å². The predicted molar refractivity (Wildman–Crippen MR) is 103 cm³/mol. The summed E-state index contributed by atoms with van der Waals surface area (Å²) in [6, 6.07) is 4.06. The van der Waals surface area contributed by atoms with Gasteiger partial charge in [0, 0.05) is 30.2 Å². The van der Waals surface area contributed by atoms with Crippen molar-refractivity contribution in [3.8, 4) is 0 Å². The monoisotopic (exact) mass is 420 g/mol. The van der Waals surface area contributed by atoms with Gasteiger partial charge in [0.2, 0.25) is 10.0 Å². The van der Waals surface area contributed by atoms with Gasteiger partial charge in [-0.3, -0.25) is 0 Å². The van der Waals surface area contributed by atoms with Gasteiger partial charge in [-0.1, -0.05) is 17.7 Å². The summed E-state index contributed by atoms with van der Waals surface area (Å²) in [5.41, 5.74) is -0.629. The summed E-state index contributed by atoms with van der Waals surface area (Å²) in [4.78, 5) is 13.8. The largest absolute Gasteiger partial charge is 0.444 e. The first-order valence-electron chi connectivity index (χ1n) is 8.85. The van der Waals surface area contributed by atoms with Crippen molar-refractivity contribution in [2.75, 3.05) is 19.6 Å². The summed E-state index contributed by atoms with van der Waals surface area (Å²) < 4.78 is 46.3. The van der Waals surface area contributed by atoms with Crippen LogP contribution in [0.25, 0.3) is 0 Å². The van der Waals surface area contributed by atoms with E-state index in [0.717, 1.165) is 12.8 Å². The first-order valence-corrected chi connectivity index (χ1v) is 10.9. The SMILES string of the molecule is CC(C)(C)OC(=O)N1CCCC(CNS(=O)(=O)Cc2c(F)cccc2Cl)C1. The van der Waals surface area contributed by atoms with Gasteiger partial charge in [-0.25, -0.2) is 22.3 Å². The number of amides is 1. The first-order chi connectivity index (χ1) is 12.5. The molecule has 2 rings (SSSR count). The summed E-state index contributed by atoms with van der Waals surface area (Å²) >= 11 is 5.90. The molecule has 152 valence electrons. The normalized spacial score (nSPS) is 18.4. The Morgan fingerprint density at radius 2 is 2.11 bits per heavy atom. The Labute approximate surface area is 165 Å². The molecule has 0 spiro atoms. The van der Waals surface area contributed by atoms with E-state index in [1.165, 1.54) is 18.2 Å². The van der Waals surface area contributed by atoms with E-state index in [9.17, 15) is 17.6 Å². The summed E-state index contributed by atoms with van der Waals surface area (Å²) in [6.45, 7) is 6.57. The van der Waals surface area contributed by atoms with E-state index in [0.29, 0.717) is 13.1 Å². The molecule has 0 saturated carbocycles. The van der Waals surface area contributed by atoms with Crippen LogP contribution in [0.2, 0.25) is 5.02 Å². The molecule has 1 unspecified atom stereocenters. The maximum atomic E-state index is 13.8. The fraction of sp³-hybridized carbons (Fsp3) is 0.611. The highest BCUT2D eigenvalue weighted by atomic mass is 35.5. The van der Waals surface area contributed by atoms with Gasteiger partial charge in [0.25, 0.3) is 0 Å². The van der Waals surface area contributed by atoms with Gasteiger partial charge in [0.05, 0.1) is 5.75 Å². The number of likely N-dealkylation sites (tertiary alicyclic amines) is 1. The molecule has 0 aromatic heterocycles. The molecule has 0 radical (unpaired) electrons. The Kier molecular flexibility index (Phi) is 7.10. The fourth-order valence-corrected chi connectivity index (χ4v) is 4.45. The zero-order chi connectivity index (χ0) is 20.2. The standard InChI is InChI=1S/C18H26ClFN2O4S/c1-18(2,3)26-17(23)22-9-5-6-13(11-22)10-21-27(24,25)12-14-15(19)7-4-8-16(14)20/h4,7-8,13,21H,5-6,9-12H2,1-3H3. The number of halogens is 2. The van der Waals surface area contributed by atoms with Crippen molar-refractivity contribution in [3.05, 3.63) is 34.6 Å². The number of nitrogens with zero attached hydrogens (tertiary/aromatic N) is 1. The van der Waals surface area contributed by atoms with Crippen molar-refractivity contribution >= 4 is 27.7 Å². The van der Waals surface area contributed by atoms with Crippen LogP contribution in [0.3, 0.4) is 0 Å². The predicted octanol–water partition coefficient (Wildman–Crippen LogP) is 3.55. The summed E-state index contributed by atoms with van der Waals surface area (Å²) in [5, 5.41) is 0.0779. The molecule has 1 fully saturated rings. The van der Waals surface area contributed by atoms with E-state index in [1.807, 2.05) is 0 Å². The Morgan fingerprint density at radius 1 is 1.41 bits per heavy atom. The highest BCUT2D eigenvalue weighted by Crippen LogP contribution is 2.22. The number of benzene rings is 1. The lowest BCUT2D eigenvalue weighted by atomic mass is 9.99. The highest BCUT2D eigenvalue weighted by molar-refractivity contribution is 7.88. The third kappa shape index (κ3) is 6.93. The summed E-state index contributed by atoms with van der Waals surface area (Å²) in [5.74, 6) is -1.21. The molecule has 9 heteroatoms. The van der Waals surface area contributed by atoms with Crippen molar-refractivity contribution in [2.24, 2.45) is 5.92 Å². The van der Waals surface area contributed by atoms with Crippen molar-refractivity contribution in [1.29, 1.82) is 0 Å². The molecular formula is C18H26ClFN2O4S. The Bertz CT molecular complexity index is 760. The molecule has 27 heavy (non-hydrogen) atoms. The van der Waals surface area contributed by atoms with Crippen LogP contribution < -0.4 is 4.72 Å². The number of sulfonamides is 1. The molecule has 1 aromatic carbocycles. The van der Waals surface area contributed by atoms with Crippen molar-refractivity contribution < 1.29 is 22.3 Å². The summed E-state index contributed by atoms with van der Waals surface area (Å²) in [6.07, 6.45) is 1.17. The molecule has 0 aliphatic carbocycles. The lowest BCUT2D eigenvalue weighted by Gasteiger charge is -2.34. The van der Waals surface area contributed by atoms with E-state index in [-0.39, 0.29) is 23.0 Å². The van der Waals surface area contributed by atoms with E-state index in [2.05, 4.69) is 4.72 Å². The van der Waals surface area contributed by atoms with Crippen LogP contribution in [0.4, 0.5) is 9.18 Å². The number of hydrogen-bond donors (Lipinski definition) is 1. The van der Waals surface area contributed by atoms with Crippen molar-refractivity contribution in [3.63, 3.8) is 0 Å². The minimum atomic E-state index is -3.75. The Balaban J connectivity index is 1.92. The second-order valence-corrected chi connectivity index (χ2v) is 9.96. The molecule has 1 aliphatic rings. The van der Waals surface area contributed by atoms with Gasteiger partial charge in [-0.2, -0.15) is 0 Å². The molecule has 0 bridgehead atoms. The van der Waals surface area contributed by atoms with Crippen molar-refractivity contribution in [2.45, 2.75) is 45.0 Å². The van der Waals surface area contributed by atoms with Crippen LogP contribution in [0.15, 0.2) is 18.2 Å². The number of nitrogens with one attached hydrogen (secondary N) is 1. The third-order valence-electron chi connectivity index (χ3n) is 4.16. The molecule has 6 nitrogen and oxygen atoms in total. The van der Waals surface area contributed by atoms with Crippen molar-refractivity contribution in [1.82, 2.24) is 9.62 Å². The Hall–Kier alpha value is -1.38. The highest BCUT2D eigenvalue weighted by Gasteiger charge is 2.28. The van der Waals surface area contributed by atoms with Gasteiger partial charge in [-0.05, 0) is 51.7 Å². The number of piperidine rings is 1. The topological polar surface area (TPSA) is 75.7 Å². The fourth-order valence-electron chi connectivity index (χ4n) is 2.88. The molecule has 1 atom stereocenters. The number of carbonyl (C=O) groups excluding carboxylic acids is 1. The third-order valence-corrected chi connectivity index (χ3v) is 5.79. The second-order valence-electron chi connectivity index (χ2n) is 7.74. The first kappa shape index (κ1) is 21.9. The number of hydrogen-bond acceptors (Lipinski definition) is 4.